The summed E-state index contributed by atoms with van der Waals surface area (Å²) < 4.78 is 45.1. The van der Waals surface area contributed by atoms with Gasteiger partial charge in [-0.2, -0.15) is 0 Å². The van der Waals surface area contributed by atoms with Crippen LogP contribution < -0.4 is 10.1 Å². The normalized spacial score (nSPS) is 11.9. The molecule has 2 heterocycles. The number of fused-ring (bicyclic) bond motifs is 3. The Morgan fingerprint density at radius 3 is 2.60 bits per heavy atom. The molecule has 0 fully saturated rings. The highest BCUT2D eigenvalue weighted by Gasteiger charge is 2.32. The lowest BCUT2D eigenvalue weighted by atomic mass is 10.1. The van der Waals surface area contributed by atoms with Crippen molar-refractivity contribution in [1.82, 2.24) is 9.55 Å². The van der Waals surface area contributed by atoms with Crippen LogP contribution in [0.1, 0.15) is 12.0 Å². The lowest BCUT2D eigenvalue weighted by molar-refractivity contribution is -0.274. The smallest absolute Gasteiger partial charge is 0.403 e. The third-order valence-electron chi connectivity index (χ3n) is 4.85. The van der Waals surface area contributed by atoms with Gasteiger partial charge in [0.2, 0.25) is 0 Å². The predicted molar refractivity (Wildman–Crippen MR) is 110 cm³/mol. The highest BCUT2D eigenvalue weighted by molar-refractivity contribution is 6.10. The lowest BCUT2D eigenvalue weighted by Gasteiger charge is -2.16. The van der Waals surface area contributed by atoms with Crippen molar-refractivity contribution in [3.63, 3.8) is 0 Å². The van der Waals surface area contributed by atoms with Gasteiger partial charge >= 0.3 is 6.36 Å². The number of benzene rings is 2. The molecule has 0 radical (unpaired) electrons. The Hall–Kier alpha value is -3.26. The Labute approximate surface area is 170 Å². The zero-order chi connectivity index (χ0) is 21.3. The summed E-state index contributed by atoms with van der Waals surface area (Å²) in [5.74, 6) is 0.0844. The predicted octanol–water partition coefficient (Wildman–Crippen LogP) is 5.18. The van der Waals surface area contributed by atoms with Gasteiger partial charge in [-0.15, -0.1) is 13.2 Å². The van der Waals surface area contributed by atoms with E-state index >= 15 is 0 Å². The van der Waals surface area contributed by atoms with Crippen molar-refractivity contribution in [2.45, 2.75) is 19.7 Å². The minimum Gasteiger partial charge on any atom is -0.403 e. The Morgan fingerprint density at radius 1 is 1.07 bits per heavy atom. The molecule has 0 aliphatic carbocycles. The molecule has 0 saturated heterocycles. The Balaban J connectivity index is 2.01. The van der Waals surface area contributed by atoms with E-state index in [1.54, 1.807) is 6.07 Å². The number of hydrogen-bond donors (Lipinski definition) is 2. The molecule has 4 rings (SSSR count). The number of alkyl halides is 3. The summed E-state index contributed by atoms with van der Waals surface area (Å²) in [5, 5.41) is 13.5. The molecule has 0 atom stereocenters. The van der Waals surface area contributed by atoms with Gasteiger partial charge in [0.1, 0.15) is 11.3 Å². The molecule has 0 saturated carbocycles. The van der Waals surface area contributed by atoms with Crippen LogP contribution in [0, 0.1) is 6.92 Å². The van der Waals surface area contributed by atoms with Crippen molar-refractivity contribution in [1.29, 1.82) is 0 Å². The van der Waals surface area contributed by atoms with Gasteiger partial charge < -0.3 is 19.7 Å². The van der Waals surface area contributed by atoms with E-state index in [1.165, 1.54) is 12.1 Å². The van der Waals surface area contributed by atoms with Crippen LogP contribution in [-0.4, -0.2) is 34.2 Å². The molecule has 2 aromatic carbocycles. The SMILES string of the molecule is Cc1ccccc1-n1ccc2c(NCCCO)nc3c(OC(F)(F)F)cccc3c21. The third kappa shape index (κ3) is 3.78. The number of hydrogen-bond acceptors (Lipinski definition) is 4. The number of para-hydroxylation sites is 2. The Bertz CT molecular complexity index is 1200. The average molecular weight is 415 g/mol. The van der Waals surface area contributed by atoms with E-state index in [9.17, 15) is 13.2 Å². The Kier molecular flexibility index (Phi) is 5.26. The second kappa shape index (κ2) is 7.87. The van der Waals surface area contributed by atoms with E-state index < -0.39 is 6.36 Å². The maximum Gasteiger partial charge on any atom is 0.573 e. The highest BCUT2D eigenvalue weighted by atomic mass is 19.4. The molecule has 0 aliphatic heterocycles. The van der Waals surface area contributed by atoms with Crippen molar-refractivity contribution in [2.24, 2.45) is 0 Å². The van der Waals surface area contributed by atoms with Crippen molar-refractivity contribution < 1.29 is 23.0 Å². The van der Waals surface area contributed by atoms with E-state index in [1.807, 2.05) is 48.0 Å². The average Bonchev–Trinajstić information content (AvgIpc) is 3.13. The van der Waals surface area contributed by atoms with Gasteiger partial charge in [0.15, 0.2) is 5.75 Å². The van der Waals surface area contributed by atoms with Crippen molar-refractivity contribution in [3.8, 4) is 11.4 Å². The molecule has 8 heteroatoms. The molecule has 0 aliphatic rings. The Morgan fingerprint density at radius 2 is 1.87 bits per heavy atom. The zero-order valence-electron chi connectivity index (χ0n) is 16.2. The fourth-order valence-electron chi connectivity index (χ4n) is 3.56. The molecule has 156 valence electrons. The van der Waals surface area contributed by atoms with Gasteiger partial charge in [0, 0.05) is 35.8 Å². The van der Waals surface area contributed by atoms with Gasteiger partial charge in [-0.05, 0) is 37.1 Å². The van der Waals surface area contributed by atoms with Crippen LogP contribution in [0.5, 0.6) is 5.75 Å². The molecule has 0 spiro atoms. The maximum absolute atomic E-state index is 13.0. The van der Waals surface area contributed by atoms with Crippen molar-refractivity contribution >= 4 is 27.6 Å². The van der Waals surface area contributed by atoms with Crippen LogP contribution in [0.15, 0.2) is 54.7 Å². The molecule has 5 nitrogen and oxygen atoms in total. The van der Waals surface area contributed by atoms with Crippen LogP contribution in [0.2, 0.25) is 0 Å². The number of rotatable bonds is 6. The largest absolute Gasteiger partial charge is 0.573 e. The van der Waals surface area contributed by atoms with Crippen LogP contribution in [0.3, 0.4) is 0 Å². The molecule has 0 unspecified atom stereocenters. The summed E-state index contributed by atoms with van der Waals surface area (Å²) in [4.78, 5) is 4.46. The van der Waals surface area contributed by atoms with E-state index in [4.69, 9.17) is 5.11 Å². The summed E-state index contributed by atoms with van der Waals surface area (Å²) >= 11 is 0. The number of ether oxygens (including phenoxy) is 1. The van der Waals surface area contributed by atoms with Crippen molar-refractivity contribution in [3.05, 3.63) is 60.3 Å². The van der Waals surface area contributed by atoms with Crippen LogP contribution in [0.25, 0.3) is 27.5 Å². The minimum atomic E-state index is -4.83. The number of pyridine rings is 1. The van der Waals surface area contributed by atoms with Gasteiger partial charge in [-0.3, -0.25) is 0 Å². The van der Waals surface area contributed by atoms with Crippen LogP contribution in [0.4, 0.5) is 19.0 Å². The summed E-state index contributed by atoms with van der Waals surface area (Å²) in [6.07, 6.45) is -2.46. The van der Waals surface area contributed by atoms with Gasteiger partial charge in [-0.25, -0.2) is 4.98 Å². The van der Waals surface area contributed by atoms with Gasteiger partial charge in [-0.1, -0.05) is 30.3 Å². The molecule has 4 aromatic rings. The quantitative estimate of drug-likeness (QED) is 0.426. The fraction of sp³-hybridized carbons (Fsp3) is 0.227. The first-order chi connectivity index (χ1) is 14.4. The topological polar surface area (TPSA) is 59.3 Å². The molecule has 2 aromatic heterocycles. The standard InChI is InChI=1S/C22H20F3N3O2/c1-14-6-2-3-8-17(14)28-12-10-16-20(28)15-7-4-9-18(30-22(23,24)25)19(15)27-21(16)26-11-5-13-29/h2-4,6-10,12,29H,5,11,13H2,1H3,(H,26,27). The molecule has 30 heavy (non-hydrogen) atoms. The molecular formula is C22H20F3N3O2. The van der Waals surface area contributed by atoms with Gasteiger partial charge in [0.05, 0.1) is 5.52 Å². The monoisotopic (exact) mass is 415 g/mol. The first-order valence-corrected chi connectivity index (χ1v) is 9.49. The molecular weight excluding hydrogens is 395 g/mol. The van der Waals surface area contributed by atoms with Crippen molar-refractivity contribution in [2.75, 3.05) is 18.5 Å². The summed E-state index contributed by atoms with van der Waals surface area (Å²) in [5.41, 5.74) is 2.79. The number of halogens is 3. The maximum atomic E-state index is 13.0. The van der Waals surface area contributed by atoms with Gasteiger partial charge in [0.25, 0.3) is 0 Å². The second-order valence-electron chi connectivity index (χ2n) is 6.90. The fourth-order valence-corrected chi connectivity index (χ4v) is 3.56. The second-order valence-corrected chi connectivity index (χ2v) is 6.90. The molecule has 2 N–H and O–H groups in total. The lowest BCUT2D eigenvalue weighted by Crippen LogP contribution is -2.17. The van der Waals surface area contributed by atoms with Crippen LogP contribution >= 0.6 is 0 Å². The third-order valence-corrected chi connectivity index (χ3v) is 4.85. The number of aliphatic hydroxyl groups excluding tert-OH is 1. The number of anilines is 1. The van der Waals surface area contributed by atoms with E-state index in [0.717, 1.165) is 22.2 Å². The number of aromatic nitrogens is 2. The zero-order valence-corrected chi connectivity index (χ0v) is 16.2. The summed E-state index contributed by atoms with van der Waals surface area (Å²) in [7, 11) is 0. The number of aliphatic hydroxyl groups is 1. The first kappa shape index (κ1) is 20.0. The first-order valence-electron chi connectivity index (χ1n) is 9.49. The van der Waals surface area contributed by atoms with E-state index in [2.05, 4.69) is 15.0 Å². The number of nitrogens with one attached hydrogen (secondary N) is 1. The van der Waals surface area contributed by atoms with E-state index in [0.29, 0.717) is 24.2 Å². The van der Waals surface area contributed by atoms with Crippen LogP contribution in [-0.2, 0) is 0 Å². The molecule has 0 amide bonds. The highest BCUT2D eigenvalue weighted by Crippen LogP contribution is 2.37. The summed E-state index contributed by atoms with van der Waals surface area (Å²) in [6.45, 7) is 2.40. The number of nitrogens with zero attached hydrogens (tertiary/aromatic N) is 2. The minimum absolute atomic E-state index is 0.00359. The van der Waals surface area contributed by atoms with E-state index in [-0.39, 0.29) is 17.9 Å². The number of aryl methyl sites for hydroxylation is 1. The molecule has 0 bridgehead atoms. The summed E-state index contributed by atoms with van der Waals surface area (Å²) in [6, 6.07) is 14.2.